The van der Waals surface area contributed by atoms with Crippen LogP contribution in [0.4, 0.5) is 22.0 Å². The summed E-state index contributed by atoms with van der Waals surface area (Å²) in [7, 11) is -4.09. The fourth-order valence-corrected chi connectivity index (χ4v) is 3.20. The molecule has 0 heterocycles. The highest BCUT2D eigenvalue weighted by Gasteiger charge is 2.31. The van der Waals surface area contributed by atoms with Crippen LogP contribution in [0.15, 0.2) is 47.4 Å². The molecule has 0 bridgehead atoms. The van der Waals surface area contributed by atoms with Gasteiger partial charge in [0.15, 0.2) is 11.6 Å². The Kier molecular flexibility index (Phi) is 5.33. The van der Waals surface area contributed by atoms with Gasteiger partial charge in [0, 0.05) is 6.04 Å². The van der Waals surface area contributed by atoms with Gasteiger partial charge in [-0.05, 0) is 48.9 Å². The minimum Gasteiger partial charge on any atom is -0.406 e. The summed E-state index contributed by atoms with van der Waals surface area (Å²) in [5, 5.41) is 0. The van der Waals surface area contributed by atoms with Crippen LogP contribution < -0.4 is 9.46 Å². The first-order valence-electron chi connectivity index (χ1n) is 6.81. The number of hydrogen-bond donors (Lipinski definition) is 1. The summed E-state index contributed by atoms with van der Waals surface area (Å²) in [5.74, 6) is -2.77. The van der Waals surface area contributed by atoms with Crippen molar-refractivity contribution in [3.8, 4) is 5.75 Å². The Balaban J connectivity index is 2.16. The molecule has 0 unspecified atom stereocenters. The number of halogens is 5. The van der Waals surface area contributed by atoms with Crippen molar-refractivity contribution in [1.29, 1.82) is 0 Å². The standard InChI is InChI=1S/C15H12F5NO3S/c1-9(10-2-7-13(16)14(17)8-10)21-25(22,23)12-5-3-11(4-6-12)24-15(18,19)20/h2-9,21H,1H3/t9-/m1/s1. The molecule has 25 heavy (non-hydrogen) atoms. The third-order valence-corrected chi connectivity index (χ3v) is 4.70. The molecule has 10 heteroatoms. The SMILES string of the molecule is C[C@@H](NS(=O)(=O)c1ccc(OC(F)(F)F)cc1)c1ccc(F)c(F)c1. The zero-order valence-corrected chi connectivity index (χ0v) is 13.5. The first kappa shape index (κ1) is 19.1. The van der Waals surface area contributed by atoms with Crippen LogP contribution in [0.3, 0.4) is 0 Å². The number of benzene rings is 2. The Bertz CT molecular complexity index is 850. The molecule has 0 aliphatic heterocycles. The maximum atomic E-state index is 13.2. The maximum absolute atomic E-state index is 13.2. The highest BCUT2D eigenvalue weighted by Crippen LogP contribution is 2.25. The molecule has 136 valence electrons. The molecule has 0 fully saturated rings. The molecular formula is C15H12F5NO3S. The number of hydrogen-bond acceptors (Lipinski definition) is 3. The van der Waals surface area contributed by atoms with E-state index in [1.54, 1.807) is 0 Å². The molecule has 0 saturated carbocycles. The Morgan fingerprint density at radius 1 is 1.00 bits per heavy atom. The lowest BCUT2D eigenvalue weighted by atomic mass is 10.1. The third-order valence-electron chi connectivity index (χ3n) is 3.14. The van der Waals surface area contributed by atoms with Gasteiger partial charge in [-0.25, -0.2) is 21.9 Å². The van der Waals surface area contributed by atoms with Crippen molar-refractivity contribution in [1.82, 2.24) is 4.72 Å². The zero-order valence-electron chi connectivity index (χ0n) is 12.6. The van der Waals surface area contributed by atoms with Crippen molar-refractivity contribution in [2.24, 2.45) is 0 Å². The number of nitrogens with one attached hydrogen (secondary N) is 1. The van der Waals surface area contributed by atoms with Gasteiger partial charge in [0.05, 0.1) is 4.90 Å². The number of rotatable bonds is 5. The molecule has 0 aromatic heterocycles. The van der Waals surface area contributed by atoms with E-state index in [9.17, 15) is 30.4 Å². The molecule has 1 N–H and O–H groups in total. The highest BCUT2D eigenvalue weighted by atomic mass is 32.2. The predicted octanol–water partition coefficient (Wildman–Crippen LogP) is 3.90. The number of sulfonamides is 1. The molecule has 2 aromatic rings. The van der Waals surface area contributed by atoms with E-state index < -0.39 is 39.8 Å². The molecule has 4 nitrogen and oxygen atoms in total. The molecule has 0 aliphatic carbocycles. The van der Waals surface area contributed by atoms with E-state index in [1.807, 2.05) is 0 Å². The quantitative estimate of drug-likeness (QED) is 0.800. The Morgan fingerprint density at radius 2 is 1.60 bits per heavy atom. The molecule has 2 aromatic carbocycles. The highest BCUT2D eigenvalue weighted by molar-refractivity contribution is 7.89. The van der Waals surface area contributed by atoms with Gasteiger partial charge in [-0.1, -0.05) is 6.07 Å². The van der Waals surface area contributed by atoms with Gasteiger partial charge in [0.2, 0.25) is 10.0 Å². The van der Waals surface area contributed by atoms with Gasteiger partial charge >= 0.3 is 6.36 Å². The summed E-state index contributed by atoms with van der Waals surface area (Å²) >= 11 is 0. The van der Waals surface area contributed by atoms with Crippen LogP contribution in [-0.2, 0) is 10.0 Å². The molecule has 0 aliphatic rings. The fourth-order valence-electron chi connectivity index (χ4n) is 1.97. The van der Waals surface area contributed by atoms with Gasteiger partial charge in [0.1, 0.15) is 5.75 Å². The van der Waals surface area contributed by atoms with Gasteiger partial charge in [-0.2, -0.15) is 0 Å². The summed E-state index contributed by atoms with van der Waals surface area (Å²) in [6.45, 7) is 1.41. The van der Waals surface area contributed by atoms with E-state index in [0.29, 0.717) is 0 Å². The lowest BCUT2D eigenvalue weighted by Crippen LogP contribution is -2.27. The second kappa shape index (κ2) is 6.96. The van der Waals surface area contributed by atoms with E-state index in [2.05, 4.69) is 9.46 Å². The lowest BCUT2D eigenvalue weighted by molar-refractivity contribution is -0.274. The Hall–Kier alpha value is -2.20. The zero-order chi connectivity index (χ0) is 18.8. The van der Waals surface area contributed by atoms with E-state index in [-0.39, 0.29) is 10.5 Å². The van der Waals surface area contributed by atoms with Crippen LogP contribution in [0.1, 0.15) is 18.5 Å². The molecule has 1 atom stereocenters. The fraction of sp³-hybridized carbons (Fsp3) is 0.200. The van der Waals surface area contributed by atoms with Gasteiger partial charge < -0.3 is 4.74 Å². The smallest absolute Gasteiger partial charge is 0.406 e. The summed E-state index contributed by atoms with van der Waals surface area (Å²) in [4.78, 5) is -0.309. The van der Waals surface area contributed by atoms with Crippen molar-refractivity contribution in [3.05, 3.63) is 59.7 Å². The van der Waals surface area contributed by atoms with Crippen molar-refractivity contribution in [2.45, 2.75) is 24.2 Å². The van der Waals surface area contributed by atoms with Crippen molar-refractivity contribution in [3.63, 3.8) is 0 Å². The third kappa shape index (κ3) is 5.13. The van der Waals surface area contributed by atoms with Crippen LogP contribution >= 0.6 is 0 Å². The van der Waals surface area contributed by atoms with Crippen LogP contribution in [0.25, 0.3) is 0 Å². The normalized spacial score (nSPS) is 13.5. The molecule has 0 spiro atoms. The van der Waals surface area contributed by atoms with E-state index in [0.717, 1.165) is 36.4 Å². The molecule has 0 radical (unpaired) electrons. The van der Waals surface area contributed by atoms with Crippen LogP contribution in [0.2, 0.25) is 0 Å². The minimum absolute atomic E-state index is 0.180. The summed E-state index contributed by atoms with van der Waals surface area (Å²) in [6.07, 6.45) is -4.89. The van der Waals surface area contributed by atoms with E-state index in [1.165, 1.54) is 13.0 Å². The van der Waals surface area contributed by atoms with E-state index >= 15 is 0 Å². The van der Waals surface area contributed by atoms with E-state index in [4.69, 9.17) is 0 Å². The minimum atomic E-state index is -4.89. The predicted molar refractivity (Wildman–Crippen MR) is 78.2 cm³/mol. The monoisotopic (exact) mass is 381 g/mol. The average molecular weight is 381 g/mol. The number of ether oxygens (including phenoxy) is 1. The first-order chi connectivity index (χ1) is 11.5. The van der Waals surface area contributed by atoms with Crippen molar-refractivity contribution >= 4 is 10.0 Å². The van der Waals surface area contributed by atoms with Crippen LogP contribution in [0.5, 0.6) is 5.75 Å². The maximum Gasteiger partial charge on any atom is 0.573 e. The second-order valence-electron chi connectivity index (χ2n) is 5.04. The van der Waals surface area contributed by atoms with Gasteiger partial charge in [0.25, 0.3) is 0 Å². The molecule has 0 saturated heterocycles. The average Bonchev–Trinajstić information content (AvgIpc) is 2.48. The summed E-state index contributed by atoms with van der Waals surface area (Å²) in [6, 6.07) is 5.59. The summed E-state index contributed by atoms with van der Waals surface area (Å²) < 4.78 is 92.7. The van der Waals surface area contributed by atoms with Crippen LogP contribution in [-0.4, -0.2) is 14.8 Å². The number of alkyl halides is 3. The van der Waals surface area contributed by atoms with Crippen LogP contribution in [0, 0.1) is 11.6 Å². The lowest BCUT2D eigenvalue weighted by Gasteiger charge is -2.15. The van der Waals surface area contributed by atoms with Crippen molar-refractivity contribution < 1.29 is 35.1 Å². The Morgan fingerprint density at radius 3 is 2.12 bits per heavy atom. The molecule has 2 rings (SSSR count). The van der Waals surface area contributed by atoms with Gasteiger partial charge in [-0.15, -0.1) is 13.2 Å². The first-order valence-corrected chi connectivity index (χ1v) is 8.29. The Labute approximate surface area is 140 Å². The summed E-state index contributed by atoms with van der Waals surface area (Å²) in [5.41, 5.74) is 0.180. The topological polar surface area (TPSA) is 55.4 Å². The second-order valence-corrected chi connectivity index (χ2v) is 6.75. The largest absolute Gasteiger partial charge is 0.573 e. The van der Waals surface area contributed by atoms with Gasteiger partial charge in [-0.3, -0.25) is 0 Å². The molecular weight excluding hydrogens is 369 g/mol. The molecule has 0 amide bonds. The van der Waals surface area contributed by atoms with Crippen molar-refractivity contribution in [2.75, 3.05) is 0 Å².